The third kappa shape index (κ3) is 3.81. The number of ether oxygens (including phenoxy) is 1. The van der Waals surface area contributed by atoms with Gasteiger partial charge in [-0.15, -0.1) is 5.10 Å². The van der Waals surface area contributed by atoms with Crippen LogP contribution in [0.4, 0.5) is 17.6 Å². The molecule has 0 radical (unpaired) electrons. The van der Waals surface area contributed by atoms with E-state index < -0.39 is 34.5 Å². The van der Waals surface area contributed by atoms with Crippen molar-refractivity contribution in [1.29, 1.82) is 0 Å². The lowest BCUT2D eigenvalue weighted by molar-refractivity contribution is -0.137. The summed E-state index contributed by atoms with van der Waals surface area (Å²) < 4.78 is 63.1. The summed E-state index contributed by atoms with van der Waals surface area (Å²) in [6.45, 7) is 3.12. The summed E-state index contributed by atoms with van der Waals surface area (Å²) in [6.07, 6.45) is -1.67. The van der Waals surface area contributed by atoms with E-state index in [0.29, 0.717) is 19.7 Å². The Kier molecular flexibility index (Phi) is 5.39. The van der Waals surface area contributed by atoms with E-state index in [1.165, 1.54) is 16.9 Å². The number of nitrogens with zero attached hydrogens (tertiary/aromatic N) is 6. The van der Waals surface area contributed by atoms with Crippen LogP contribution in [0.3, 0.4) is 0 Å². The average Bonchev–Trinajstić information content (AvgIpc) is 3.47. The molecule has 2 fully saturated rings. The van der Waals surface area contributed by atoms with Crippen LogP contribution in [0.5, 0.6) is 0 Å². The normalized spacial score (nSPS) is 20.2. The van der Waals surface area contributed by atoms with E-state index in [9.17, 15) is 22.4 Å². The van der Waals surface area contributed by atoms with Crippen LogP contribution in [0.25, 0.3) is 5.69 Å². The highest BCUT2D eigenvalue weighted by Crippen LogP contribution is 2.42. The first kappa shape index (κ1) is 24.0. The van der Waals surface area contributed by atoms with Crippen molar-refractivity contribution in [3.63, 3.8) is 0 Å². The number of carbonyl (C=O) groups excluding carboxylic acids is 1. The number of aliphatic imine (C=N–C) groups is 1. The molecule has 2 saturated heterocycles. The van der Waals surface area contributed by atoms with Gasteiger partial charge in [0.15, 0.2) is 11.6 Å². The van der Waals surface area contributed by atoms with Crippen molar-refractivity contribution >= 4 is 23.2 Å². The second-order valence-corrected chi connectivity index (χ2v) is 9.69. The van der Waals surface area contributed by atoms with Gasteiger partial charge in [-0.2, -0.15) is 13.2 Å². The Morgan fingerprint density at radius 2 is 2.03 bits per heavy atom. The minimum absolute atomic E-state index is 0.0758. The molecule has 0 unspecified atom stereocenters. The molecule has 6 rings (SSSR count). The van der Waals surface area contributed by atoms with Crippen LogP contribution in [0.2, 0.25) is 5.02 Å². The summed E-state index contributed by atoms with van der Waals surface area (Å²) in [4.78, 5) is 27.6. The molecule has 5 heterocycles. The van der Waals surface area contributed by atoms with Crippen molar-refractivity contribution in [2.24, 2.45) is 4.99 Å². The summed E-state index contributed by atoms with van der Waals surface area (Å²) >= 11 is 6.31. The molecule has 13 heteroatoms. The van der Waals surface area contributed by atoms with E-state index in [4.69, 9.17) is 16.3 Å². The van der Waals surface area contributed by atoms with Gasteiger partial charge in [0.1, 0.15) is 17.3 Å². The second kappa shape index (κ2) is 8.32. The standard InChI is InChI=1S/C24H19ClF4N6O2/c1-12-21-32-20(22(36)34-10-23(11-34)7-3-9-37-23)33-35(21)15-6-5-13(24(27,28)29)17(25)16(15)19(31-12)18-14(26)4-2-8-30-18/h2,4-6,8,12H,3,7,9-11H2,1H3/t12-/m0/s1. The van der Waals surface area contributed by atoms with Crippen molar-refractivity contribution in [3.05, 3.63) is 69.8 Å². The molecule has 0 saturated carbocycles. The maximum absolute atomic E-state index is 14.8. The van der Waals surface area contributed by atoms with Gasteiger partial charge < -0.3 is 9.64 Å². The van der Waals surface area contributed by atoms with E-state index in [2.05, 4.69) is 20.1 Å². The molecule has 37 heavy (non-hydrogen) atoms. The van der Waals surface area contributed by atoms with Gasteiger partial charge in [0, 0.05) is 18.4 Å². The molecule has 192 valence electrons. The summed E-state index contributed by atoms with van der Waals surface area (Å²) in [7, 11) is 0. The van der Waals surface area contributed by atoms with E-state index in [1.807, 2.05) is 0 Å². The topological polar surface area (TPSA) is 85.5 Å². The van der Waals surface area contributed by atoms with Crippen LogP contribution in [0, 0.1) is 5.82 Å². The Hall–Kier alpha value is -3.38. The fraction of sp³-hybridized carbons (Fsp3) is 0.375. The largest absolute Gasteiger partial charge is 0.417 e. The smallest absolute Gasteiger partial charge is 0.371 e. The highest BCUT2D eigenvalue weighted by Gasteiger charge is 2.49. The number of rotatable bonds is 2. The zero-order valence-electron chi connectivity index (χ0n) is 19.4. The average molecular weight is 535 g/mol. The molecule has 8 nitrogen and oxygen atoms in total. The predicted molar refractivity (Wildman–Crippen MR) is 123 cm³/mol. The van der Waals surface area contributed by atoms with Gasteiger partial charge in [-0.05, 0) is 44.0 Å². The van der Waals surface area contributed by atoms with Gasteiger partial charge in [0.2, 0.25) is 5.82 Å². The maximum Gasteiger partial charge on any atom is 0.417 e. The molecule has 3 aliphatic heterocycles. The maximum atomic E-state index is 14.8. The van der Waals surface area contributed by atoms with Crippen LogP contribution in [0.15, 0.2) is 35.5 Å². The third-order valence-corrected chi connectivity index (χ3v) is 7.22. The van der Waals surface area contributed by atoms with Gasteiger partial charge in [-0.3, -0.25) is 14.8 Å². The Bertz CT molecular complexity index is 1460. The van der Waals surface area contributed by atoms with Crippen molar-refractivity contribution in [2.45, 2.75) is 37.6 Å². The number of alkyl halides is 3. The lowest BCUT2D eigenvalue weighted by Crippen LogP contribution is -2.63. The summed E-state index contributed by atoms with van der Waals surface area (Å²) in [6, 6.07) is 3.64. The first-order chi connectivity index (χ1) is 17.6. The highest BCUT2D eigenvalue weighted by atomic mass is 35.5. The molecule has 0 bridgehead atoms. The fourth-order valence-electron chi connectivity index (χ4n) is 5.04. The Morgan fingerprint density at radius 3 is 2.70 bits per heavy atom. The van der Waals surface area contributed by atoms with E-state index in [1.54, 1.807) is 11.8 Å². The molecule has 1 aromatic carbocycles. The van der Waals surface area contributed by atoms with Crippen molar-refractivity contribution < 1.29 is 27.1 Å². The molecule has 3 aliphatic rings. The molecule has 0 N–H and O–H groups in total. The number of likely N-dealkylation sites (tertiary alicyclic amines) is 1. The zero-order chi connectivity index (χ0) is 26.1. The third-order valence-electron chi connectivity index (χ3n) is 6.82. The Labute approximate surface area is 212 Å². The van der Waals surface area contributed by atoms with Crippen LogP contribution in [-0.4, -0.2) is 61.6 Å². The van der Waals surface area contributed by atoms with Crippen molar-refractivity contribution in [1.82, 2.24) is 24.6 Å². The van der Waals surface area contributed by atoms with Crippen molar-refractivity contribution in [2.75, 3.05) is 19.7 Å². The number of benzene rings is 1. The Morgan fingerprint density at radius 1 is 1.24 bits per heavy atom. The number of carbonyl (C=O) groups is 1. The van der Waals surface area contributed by atoms with Gasteiger partial charge in [-0.25, -0.2) is 14.1 Å². The molecule has 0 aliphatic carbocycles. The monoisotopic (exact) mass is 534 g/mol. The van der Waals surface area contributed by atoms with Gasteiger partial charge in [0.25, 0.3) is 5.91 Å². The van der Waals surface area contributed by atoms with Crippen LogP contribution >= 0.6 is 11.6 Å². The number of aromatic nitrogens is 4. The first-order valence-corrected chi connectivity index (χ1v) is 12.0. The minimum atomic E-state index is -4.78. The molecular weight excluding hydrogens is 516 g/mol. The van der Waals surface area contributed by atoms with E-state index in [0.717, 1.165) is 31.0 Å². The minimum Gasteiger partial charge on any atom is -0.371 e. The number of hydrogen-bond donors (Lipinski definition) is 0. The van der Waals surface area contributed by atoms with E-state index >= 15 is 0 Å². The van der Waals surface area contributed by atoms with Crippen molar-refractivity contribution in [3.8, 4) is 5.69 Å². The summed E-state index contributed by atoms with van der Waals surface area (Å²) in [5.41, 5.74) is -1.99. The number of halogens is 5. The van der Waals surface area contributed by atoms with Gasteiger partial charge in [0.05, 0.1) is 35.1 Å². The molecular formula is C24H19ClF4N6O2. The molecule has 3 aromatic rings. The molecule has 2 aromatic heterocycles. The predicted octanol–water partition coefficient (Wildman–Crippen LogP) is 4.39. The summed E-state index contributed by atoms with van der Waals surface area (Å²) in [5, 5.41) is 3.67. The molecule has 1 spiro atoms. The molecule has 1 amide bonds. The first-order valence-electron chi connectivity index (χ1n) is 11.6. The summed E-state index contributed by atoms with van der Waals surface area (Å²) in [5.74, 6) is -1.14. The van der Waals surface area contributed by atoms with Crippen LogP contribution in [0.1, 0.15) is 59.1 Å². The number of hydrogen-bond acceptors (Lipinski definition) is 6. The van der Waals surface area contributed by atoms with Gasteiger partial charge >= 0.3 is 6.18 Å². The van der Waals surface area contributed by atoms with Crippen LogP contribution < -0.4 is 0 Å². The number of pyridine rings is 1. The highest BCUT2D eigenvalue weighted by molar-refractivity contribution is 6.37. The van der Waals surface area contributed by atoms with Crippen LogP contribution in [-0.2, 0) is 10.9 Å². The lowest BCUT2D eigenvalue weighted by Gasteiger charge is -2.46. The fourth-order valence-corrected chi connectivity index (χ4v) is 5.40. The lowest BCUT2D eigenvalue weighted by atomic mass is 9.91. The quantitative estimate of drug-likeness (QED) is 0.455. The number of amides is 1. The van der Waals surface area contributed by atoms with E-state index in [-0.39, 0.29) is 39.9 Å². The second-order valence-electron chi connectivity index (χ2n) is 9.31. The molecule has 1 atom stereocenters. The Balaban J connectivity index is 1.48. The number of fused-ring (bicyclic) bond motifs is 3. The van der Waals surface area contributed by atoms with Gasteiger partial charge in [-0.1, -0.05) is 11.6 Å². The SMILES string of the molecule is C[C@@H]1N=C(c2ncccc2F)c2c(ccc(C(F)(F)F)c2Cl)-n2nc(C(=O)N3CC4(CCCO4)C3)nc21. The zero-order valence-corrected chi connectivity index (χ0v) is 20.1.